The van der Waals surface area contributed by atoms with E-state index in [-0.39, 0.29) is 0 Å². The number of nitrogens with zero attached hydrogens (tertiary/aromatic N) is 1. The number of hydrogen-bond acceptors (Lipinski definition) is 3. The molecule has 1 rings (SSSR count). The smallest absolute Gasteiger partial charge is 0.0624 e. The Morgan fingerprint density at radius 1 is 1.44 bits per heavy atom. The summed E-state index contributed by atoms with van der Waals surface area (Å²) >= 11 is 0. The molecule has 1 saturated heterocycles. The second kappa shape index (κ2) is 6.58. The van der Waals surface area contributed by atoms with Crippen LogP contribution < -0.4 is 5.73 Å². The van der Waals surface area contributed by atoms with Gasteiger partial charge in [0, 0.05) is 31.3 Å². The Balaban J connectivity index is 2.55. The fourth-order valence-corrected chi connectivity index (χ4v) is 2.63. The van der Waals surface area contributed by atoms with Gasteiger partial charge in [-0.05, 0) is 32.6 Å². The Hall–Kier alpha value is -0.120. The molecule has 0 aromatic heterocycles. The summed E-state index contributed by atoms with van der Waals surface area (Å²) in [6, 6.07) is 1.53. The lowest BCUT2D eigenvalue weighted by Crippen LogP contribution is -2.53. The van der Waals surface area contributed by atoms with Crippen LogP contribution in [0, 0.1) is 5.92 Å². The minimum Gasteiger partial charge on any atom is -0.380 e. The van der Waals surface area contributed by atoms with Crippen LogP contribution in [0.5, 0.6) is 0 Å². The first-order valence-corrected chi connectivity index (χ1v) is 6.65. The van der Waals surface area contributed by atoms with Gasteiger partial charge in [0.25, 0.3) is 0 Å². The van der Waals surface area contributed by atoms with Gasteiger partial charge in [0.05, 0.1) is 6.61 Å². The van der Waals surface area contributed by atoms with E-state index in [0.717, 1.165) is 32.6 Å². The second-order valence-corrected chi connectivity index (χ2v) is 5.34. The molecule has 3 heteroatoms. The molecule has 96 valence electrons. The number of piperidine rings is 1. The Labute approximate surface area is 100 Å². The van der Waals surface area contributed by atoms with Crippen molar-refractivity contribution < 1.29 is 4.74 Å². The molecule has 1 aliphatic heterocycles. The average molecular weight is 228 g/mol. The zero-order valence-electron chi connectivity index (χ0n) is 11.3. The van der Waals surface area contributed by atoms with Gasteiger partial charge in [0.1, 0.15) is 0 Å². The minimum absolute atomic E-state index is 0.395. The summed E-state index contributed by atoms with van der Waals surface area (Å²) in [5.74, 6) is 0.642. The van der Waals surface area contributed by atoms with E-state index < -0.39 is 0 Å². The number of hydrogen-bond donors (Lipinski definition) is 1. The molecule has 3 nitrogen and oxygen atoms in total. The highest BCUT2D eigenvalue weighted by atomic mass is 16.5. The molecule has 0 saturated carbocycles. The van der Waals surface area contributed by atoms with Gasteiger partial charge in [-0.2, -0.15) is 0 Å². The highest BCUT2D eigenvalue weighted by Gasteiger charge is 2.30. The van der Waals surface area contributed by atoms with Crippen LogP contribution in [-0.2, 0) is 4.74 Å². The summed E-state index contributed by atoms with van der Waals surface area (Å²) < 4.78 is 5.61. The number of nitrogens with two attached hydrogens (primary N) is 1. The predicted octanol–water partition coefficient (Wildman–Crippen LogP) is 1.86. The lowest BCUT2D eigenvalue weighted by atomic mass is 9.93. The third-order valence-corrected chi connectivity index (χ3v) is 3.66. The Morgan fingerprint density at radius 2 is 2.12 bits per heavy atom. The van der Waals surface area contributed by atoms with E-state index in [9.17, 15) is 0 Å². The third kappa shape index (κ3) is 3.72. The monoisotopic (exact) mass is 228 g/mol. The van der Waals surface area contributed by atoms with E-state index in [1.807, 2.05) is 0 Å². The van der Waals surface area contributed by atoms with E-state index in [4.69, 9.17) is 10.5 Å². The largest absolute Gasteiger partial charge is 0.380 e. The molecule has 0 bridgehead atoms. The molecule has 1 heterocycles. The Bertz CT molecular complexity index is 194. The van der Waals surface area contributed by atoms with E-state index in [0.29, 0.717) is 24.0 Å². The Kier molecular flexibility index (Phi) is 5.73. The molecule has 2 N–H and O–H groups in total. The zero-order chi connectivity index (χ0) is 12.1. The maximum absolute atomic E-state index is 6.01. The van der Waals surface area contributed by atoms with Crippen molar-refractivity contribution in [3.8, 4) is 0 Å². The molecule has 16 heavy (non-hydrogen) atoms. The molecule has 0 aromatic rings. The molecule has 0 radical (unpaired) electrons. The predicted molar refractivity (Wildman–Crippen MR) is 68.5 cm³/mol. The van der Waals surface area contributed by atoms with Crippen molar-refractivity contribution in [3.63, 3.8) is 0 Å². The molecule has 0 amide bonds. The molecule has 3 unspecified atom stereocenters. The molecule has 0 spiro atoms. The zero-order valence-corrected chi connectivity index (χ0v) is 11.3. The van der Waals surface area contributed by atoms with Crippen LogP contribution in [0.1, 0.15) is 40.5 Å². The highest BCUT2D eigenvalue weighted by Crippen LogP contribution is 2.22. The lowest BCUT2D eigenvalue weighted by molar-refractivity contribution is 0.00763. The first-order valence-electron chi connectivity index (χ1n) is 6.65. The molecule has 0 aliphatic carbocycles. The first-order chi connectivity index (χ1) is 7.56. The summed E-state index contributed by atoms with van der Waals surface area (Å²) in [7, 11) is 0. The van der Waals surface area contributed by atoms with Crippen molar-refractivity contribution in [3.05, 3.63) is 0 Å². The molecule has 1 fully saturated rings. The van der Waals surface area contributed by atoms with Gasteiger partial charge in [-0.3, -0.25) is 4.90 Å². The van der Waals surface area contributed by atoms with Gasteiger partial charge < -0.3 is 10.5 Å². The van der Waals surface area contributed by atoms with E-state index >= 15 is 0 Å². The maximum atomic E-state index is 6.01. The van der Waals surface area contributed by atoms with Gasteiger partial charge in [0.2, 0.25) is 0 Å². The second-order valence-electron chi connectivity index (χ2n) is 5.34. The fraction of sp³-hybridized carbons (Fsp3) is 1.00. The van der Waals surface area contributed by atoms with E-state index in [1.54, 1.807) is 0 Å². The average Bonchev–Trinajstić information content (AvgIpc) is 2.20. The Morgan fingerprint density at radius 3 is 2.62 bits per heavy atom. The lowest BCUT2D eigenvalue weighted by Gasteiger charge is -2.43. The van der Waals surface area contributed by atoms with Crippen LogP contribution in [0.3, 0.4) is 0 Å². The van der Waals surface area contributed by atoms with Gasteiger partial charge in [-0.15, -0.1) is 0 Å². The summed E-state index contributed by atoms with van der Waals surface area (Å²) in [5.41, 5.74) is 6.01. The topological polar surface area (TPSA) is 38.5 Å². The third-order valence-electron chi connectivity index (χ3n) is 3.66. The van der Waals surface area contributed by atoms with Crippen molar-refractivity contribution >= 4 is 0 Å². The number of likely N-dealkylation sites (tertiary alicyclic amines) is 1. The van der Waals surface area contributed by atoms with E-state index in [2.05, 4.69) is 32.6 Å². The van der Waals surface area contributed by atoms with Crippen molar-refractivity contribution in [2.24, 2.45) is 11.7 Å². The van der Waals surface area contributed by atoms with Crippen molar-refractivity contribution in [1.82, 2.24) is 4.90 Å². The quantitative estimate of drug-likeness (QED) is 0.780. The summed E-state index contributed by atoms with van der Waals surface area (Å²) in [4.78, 5) is 2.59. The van der Waals surface area contributed by atoms with E-state index in [1.165, 1.54) is 0 Å². The van der Waals surface area contributed by atoms with Gasteiger partial charge in [-0.1, -0.05) is 13.8 Å². The maximum Gasteiger partial charge on any atom is 0.0624 e. The van der Waals surface area contributed by atoms with Crippen LogP contribution in [0.25, 0.3) is 0 Å². The number of ether oxygens (including phenoxy) is 1. The fourth-order valence-electron chi connectivity index (χ4n) is 2.63. The van der Waals surface area contributed by atoms with Crippen LogP contribution in [0.15, 0.2) is 0 Å². The summed E-state index contributed by atoms with van der Waals surface area (Å²) in [6.07, 6.45) is 2.25. The van der Waals surface area contributed by atoms with Gasteiger partial charge in [0.15, 0.2) is 0 Å². The molecular weight excluding hydrogens is 200 g/mol. The van der Waals surface area contributed by atoms with Crippen molar-refractivity contribution in [1.29, 1.82) is 0 Å². The van der Waals surface area contributed by atoms with Crippen LogP contribution in [0.4, 0.5) is 0 Å². The van der Waals surface area contributed by atoms with Crippen molar-refractivity contribution in [2.45, 2.75) is 58.7 Å². The molecule has 1 aliphatic rings. The first kappa shape index (κ1) is 13.9. The minimum atomic E-state index is 0.395. The van der Waals surface area contributed by atoms with Crippen molar-refractivity contribution in [2.75, 3.05) is 19.8 Å². The van der Waals surface area contributed by atoms with Crippen LogP contribution in [0.2, 0.25) is 0 Å². The number of rotatable bonds is 5. The SMILES string of the molecule is CCOCC(C(C)C)N1CCC(N)CC1C. The summed E-state index contributed by atoms with van der Waals surface area (Å²) in [6.45, 7) is 11.7. The molecule has 3 atom stereocenters. The standard InChI is InChI=1S/C13H28N2O/c1-5-16-9-13(10(2)3)15-7-6-12(14)8-11(15)4/h10-13H,5-9,14H2,1-4H3. The highest BCUT2D eigenvalue weighted by molar-refractivity contribution is 4.86. The molecule has 0 aromatic carbocycles. The summed E-state index contributed by atoms with van der Waals surface area (Å²) in [5, 5.41) is 0. The molecular formula is C13H28N2O. The van der Waals surface area contributed by atoms with Crippen LogP contribution >= 0.6 is 0 Å². The van der Waals surface area contributed by atoms with Gasteiger partial charge in [-0.25, -0.2) is 0 Å². The normalized spacial score (nSPS) is 29.6. The van der Waals surface area contributed by atoms with Gasteiger partial charge >= 0.3 is 0 Å². The van der Waals surface area contributed by atoms with Crippen LogP contribution in [-0.4, -0.2) is 42.8 Å².